The van der Waals surface area contributed by atoms with Gasteiger partial charge in [-0.1, -0.05) is 12.1 Å². The first kappa shape index (κ1) is 16.5. The van der Waals surface area contributed by atoms with E-state index in [1.54, 1.807) is 24.3 Å². The lowest BCUT2D eigenvalue weighted by atomic mass is 10.1. The number of methoxy groups -OCH3 is 1. The molecule has 2 aromatic rings. The van der Waals surface area contributed by atoms with E-state index in [1.165, 1.54) is 19.4 Å². The van der Waals surface area contributed by atoms with Crippen LogP contribution in [0.3, 0.4) is 0 Å². The molecule has 1 N–H and O–H groups in total. The highest BCUT2D eigenvalue weighted by Gasteiger charge is 2.30. The lowest BCUT2D eigenvalue weighted by molar-refractivity contribution is -0.137. The van der Waals surface area contributed by atoms with Crippen molar-refractivity contribution in [3.05, 3.63) is 59.3 Å². The van der Waals surface area contributed by atoms with Crippen molar-refractivity contribution >= 4 is 18.0 Å². The second-order valence-electron chi connectivity index (χ2n) is 4.41. The minimum Gasteiger partial charge on any atom is -0.465 e. The fourth-order valence-electron chi connectivity index (χ4n) is 1.62. The normalized spacial score (nSPS) is 11.5. The first-order chi connectivity index (χ1) is 10.9. The quantitative estimate of drug-likeness (QED) is 0.532. The molecule has 0 bridgehead atoms. The molecule has 0 aliphatic rings. The third-order valence-corrected chi connectivity index (χ3v) is 2.82. The third kappa shape index (κ3) is 4.53. The summed E-state index contributed by atoms with van der Waals surface area (Å²) in [7, 11) is 1.29. The van der Waals surface area contributed by atoms with Crippen LogP contribution in [-0.4, -0.2) is 24.3 Å². The lowest BCUT2D eigenvalue weighted by Gasteiger charge is -2.06. The molecule has 120 valence electrons. The van der Waals surface area contributed by atoms with Gasteiger partial charge in [-0.25, -0.2) is 9.78 Å². The highest BCUT2D eigenvalue weighted by molar-refractivity contribution is 5.90. The van der Waals surface area contributed by atoms with Crippen LogP contribution in [0.2, 0.25) is 0 Å². The number of nitrogens with one attached hydrogen (secondary N) is 1. The molecule has 23 heavy (non-hydrogen) atoms. The molecule has 5 nitrogen and oxygen atoms in total. The molecular formula is C15H12F3N3O2. The van der Waals surface area contributed by atoms with Gasteiger partial charge in [0.1, 0.15) is 5.82 Å². The Labute approximate surface area is 129 Å². The number of benzene rings is 1. The van der Waals surface area contributed by atoms with Gasteiger partial charge in [0.2, 0.25) is 0 Å². The summed E-state index contributed by atoms with van der Waals surface area (Å²) in [5.41, 5.74) is 2.79. The molecular weight excluding hydrogens is 311 g/mol. The Morgan fingerprint density at radius 2 is 1.91 bits per heavy atom. The minimum atomic E-state index is -4.42. The van der Waals surface area contributed by atoms with Crippen molar-refractivity contribution in [1.29, 1.82) is 0 Å². The van der Waals surface area contributed by atoms with Crippen molar-refractivity contribution in [1.82, 2.24) is 4.98 Å². The van der Waals surface area contributed by atoms with Crippen LogP contribution in [0.5, 0.6) is 0 Å². The summed E-state index contributed by atoms with van der Waals surface area (Å²) >= 11 is 0. The van der Waals surface area contributed by atoms with Crippen LogP contribution in [0.1, 0.15) is 21.5 Å². The van der Waals surface area contributed by atoms with Crippen LogP contribution in [0.4, 0.5) is 19.0 Å². The summed E-state index contributed by atoms with van der Waals surface area (Å²) in [4.78, 5) is 14.9. The SMILES string of the molecule is COC(=O)c1ccc(/C=N\Nc2ccc(C(F)(F)F)cn2)cc1. The van der Waals surface area contributed by atoms with Gasteiger partial charge in [-0.05, 0) is 29.8 Å². The number of esters is 1. The second kappa shape index (κ2) is 6.91. The number of carbonyl (C=O) groups excluding carboxylic acids is 1. The topological polar surface area (TPSA) is 63.6 Å². The van der Waals surface area contributed by atoms with E-state index in [0.717, 1.165) is 12.3 Å². The van der Waals surface area contributed by atoms with Crippen molar-refractivity contribution < 1.29 is 22.7 Å². The van der Waals surface area contributed by atoms with Gasteiger partial charge in [0.25, 0.3) is 0 Å². The molecule has 0 amide bonds. The molecule has 0 atom stereocenters. The van der Waals surface area contributed by atoms with E-state index >= 15 is 0 Å². The van der Waals surface area contributed by atoms with E-state index in [4.69, 9.17) is 0 Å². The van der Waals surface area contributed by atoms with Gasteiger partial charge in [-0.3, -0.25) is 5.43 Å². The zero-order valence-electron chi connectivity index (χ0n) is 12.0. The molecule has 8 heteroatoms. The Morgan fingerprint density at radius 3 is 2.43 bits per heavy atom. The number of ether oxygens (including phenoxy) is 1. The summed E-state index contributed by atoms with van der Waals surface area (Å²) in [6, 6.07) is 8.54. The maximum Gasteiger partial charge on any atom is 0.417 e. The molecule has 0 aliphatic carbocycles. The fraction of sp³-hybridized carbons (Fsp3) is 0.133. The van der Waals surface area contributed by atoms with Crippen molar-refractivity contribution in [3.8, 4) is 0 Å². The molecule has 0 saturated heterocycles. The fourth-order valence-corrected chi connectivity index (χ4v) is 1.62. The number of hydrazone groups is 1. The number of aromatic nitrogens is 1. The zero-order chi connectivity index (χ0) is 16.9. The van der Waals surface area contributed by atoms with E-state index in [2.05, 4.69) is 20.2 Å². The first-order valence-electron chi connectivity index (χ1n) is 6.41. The van der Waals surface area contributed by atoms with Crippen molar-refractivity contribution in [2.45, 2.75) is 6.18 Å². The van der Waals surface area contributed by atoms with Gasteiger partial charge in [0, 0.05) is 6.20 Å². The summed E-state index contributed by atoms with van der Waals surface area (Å²) < 4.78 is 41.7. The number of anilines is 1. The Morgan fingerprint density at radius 1 is 1.22 bits per heavy atom. The Hall–Kier alpha value is -2.90. The van der Waals surface area contributed by atoms with Gasteiger partial charge in [-0.2, -0.15) is 18.3 Å². The number of halogens is 3. The van der Waals surface area contributed by atoms with Gasteiger partial charge in [0.05, 0.1) is 24.5 Å². The first-order valence-corrected chi connectivity index (χ1v) is 6.41. The zero-order valence-corrected chi connectivity index (χ0v) is 12.0. The third-order valence-electron chi connectivity index (χ3n) is 2.82. The summed E-state index contributed by atoms with van der Waals surface area (Å²) in [6.45, 7) is 0. The number of hydrogen-bond acceptors (Lipinski definition) is 5. The van der Waals surface area contributed by atoms with Gasteiger partial charge in [-0.15, -0.1) is 0 Å². The molecule has 2 rings (SSSR count). The maximum absolute atomic E-state index is 12.4. The van der Waals surface area contributed by atoms with E-state index in [0.29, 0.717) is 11.1 Å². The number of carbonyl (C=O) groups is 1. The number of alkyl halides is 3. The number of nitrogens with zero attached hydrogens (tertiary/aromatic N) is 2. The molecule has 0 fully saturated rings. The van der Waals surface area contributed by atoms with Crippen LogP contribution in [0.15, 0.2) is 47.7 Å². The molecule has 0 aliphatic heterocycles. The van der Waals surface area contributed by atoms with Gasteiger partial charge < -0.3 is 4.74 Å². The molecule has 0 saturated carbocycles. The summed E-state index contributed by atoms with van der Waals surface area (Å²) in [6.07, 6.45) is -2.25. The molecule has 0 unspecified atom stereocenters. The van der Waals surface area contributed by atoms with E-state index < -0.39 is 17.7 Å². The monoisotopic (exact) mass is 323 g/mol. The van der Waals surface area contributed by atoms with Crippen LogP contribution < -0.4 is 5.43 Å². The van der Waals surface area contributed by atoms with Gasteiger partial charge >= 0.3 is 12.1 Å². The highest BCUT2D eigenvalue weighted by atomic mass is 19.4. The van der Waals surface area contributed by atoms with Crippen molar-refractivity contribution in [2.24, 2.45) is 5.10 Å². The van der Waals surface area contributed by atoms with Crippen LogP contribution >= 0.6 is 0 Å². The largest absolute Gasteiger partial charge is 0.465 e. The molecule has 1 aromatic heterocycles. The lowest BCUT2D eigenvalue weighted by Crippen LogP contribution is -2.05. The van der Waals surface area contributed by atoms with E-state index in [-0.39, 0.29) is 5.82 Å². The molecule has 1 heterocycles. The average Bonchev–Trinajstić information content (AvgIpc) is 2.54. The predicted octanol–water partition coefficient (Wildman–Crippen LogP) is 3.33. The molecule has 1 aromatic carbocycles. The molecule has 0 radical (unpaired) electrons. The standard InChI is InChI=1S/C15H12F3N3O2/c1-23-14(22)11-4-2-10(3-5-11)8-20-21-13-7-6-12(9-19-13)15(16,17)18/h2-9H,1H3,(H,19,21)/b20-8-. The second-order valence-corrected chi connectivity index (χ2v) is 4.41. The number of hydrogen-bond donors (Lipinski definition) is 1. The maximum atomic E-state index is 12.4. The van der Waals surface area contributed by atoms with Crippen molar-refractivity contribution in [2.75, 3.05) is 12.5 Å². The predicted molar refractivity (Wildman–Crippen MR) is 78.2 cm³/mol. The number of pyridine rings is 1. The Kier molecular flexibility index (Phi) is 4.95. The minimum absolute atomic E-state index is 0.181. The molecule has 0 spiro atoms. The summed E-state index contributed by atoms with van der Waals surface area (Å²) in [5.74, 6) is -0.263. The van der Waals surface area contributed by atoms with Crippen LogP contribution in [-0.2, 0) is 10.9 Å². The Bertz CT molecular complexity index is 695. The van der Waals surface area contributed by atoms with Crippen LogP contribution in [0.25, 0.3) is 0 Å². The number of rotatable bonds is 4. The van der Waals surface area contributed by atoms with E-state index in [1.807, 2.05) is 0 Å². The van der Waals surface area contributed by atoms with Crippen molar-refractivity contribution in [3.63, 3.8) is 0 Å². The summed E-state index contributed by atoms with van der Waals surface area (Å²) in [5, 5.41) is 3.86. The van der Waals surface area contributed by atoms with E-state index in [9.17, 15) is 18.0 Å². The average molecular weight is 323 g/mol. The Balaban J connectivity index is 1.97. The van der Waals surface area contributed by atoms with Gasteiger partial charge in [0.15, 0.2) is 0 Å². The smallest absolute Gasteiger partial charge is 0.417 e. The highest BCUT2D eigenvalue weighted by Crippen LogP contribution is 2.28. The van der Waals surface area contributed by atoms with Crippen LogP contribution in [0, 0.1) is 0 Å².